The van der Waals surface area contributed by atoms with Crippen molar-refractivity contribution >= 4 is 23.5 Å². The van der Waals surface area contributed by atoms with Crippen molar-refractivity contribution in [3.05, 3.63) is 69.8 Å². The summed E-state index contributed by atoms with van der Waals surface area (Å²) in [4.78, 5) is 47.6. The normalized spacial score (nSPS) is 18.3. The number of benzene rings is 2. The van der Waals surface area contributed by atoms with Crippen molar-refractivity contribution < 1.29 is 24.0 Å². The molecule has 0 saturated carbocycles. The number of carbonyl (C=O) groups excluding carboxylic acids is 3. The van der Waals surface area contributed by atoms with Gasteiger partial charge >= 0.3 is 6.03 Å². The maximum Gasteiger partial charge on any atom is 0.344 e. The van der Waals surface area contributed by atoms with Gasteiger partial charge in [-0.25, -0.2) is 4.79 Å². The summed E-state index contributed by atoms with van der Waals surface area (Å²) in [5, 5.41) is 13.9. The Kier molecular flexibility index (Phi) is 5.18. The maximum atomic E-state index is 12.8. The summed E-state index contributed by atoms with van der Waals surface area (Å²) in [6.45, 7) is 1.46. The minimum absolute atomic E-state index is 0.0463. The highest BCUT2D eigenvalue weighted by Gasteiger charge is 2.50. The molecule has 0 radical (unpaired) electrons. The van der Waals surface area contributed by atoms with Crippen LogP contribution < -0.4 is 15.5 Å². The lowest BCUT2D eigenvalue weighted by Crippen LogP contribution is -2.48. The van der Waals surface area contributed by atoms with Gasteiger partial charge in [-0.1, -0.05) is 12.1 Å². The molecule has 0 aliphatic carbocycles. The Morgan fingerprint density at radius 3 is 2.34 bits per heavy atom. The molecule has 3 rings (SSSR count). The van der Waals surface area contributed by atoms with Crippen molar-refractivity contribution in [2.45, 2.75) is 18.9 Å². The molecule has 2 aromatic rings. The Morgan fingerprint density at radius 1 is 1.17 bits per heavy atom. The Morgan fingerprint density at radius 2 is 1.79 bits per heavy atom. The Balaban J connectivity index is 1.72. The molecule has 150 valence electrons. The van der Waals surface area contributed by atoms with Crippen LogP contribution in [0.2, 0.25) is 0 Å². The monoisotopic (exact) mass is 398 g/mol. The summed E-state index contributed by atoms with van der Waals surface area (Å²) < 4.78 is 5.05. The molecule has 1 saturated heterocycles. The van der Waals surface area contributed by atoms with Crippen molar-refractivity contribution in [1.29, 1.82) is 0 Å². The van der Waals surface area contributed by atoms with E-state index in [2.05, 4.69) is 10.7 Å². The summed E-state index contributed by atoms with van der Waals surface area (Å²) in [5.74, 6) is -0.604. The lowest BCUT2D eigenvalue weighted by molar-refractivity contribution is -0.384. The summed E-state index contributed by atoms with van der Waals surface area (Å²) in [7, 11) is 1.53. The third-order valence-corrected chi connectivity index (χ3v) is 4.61. The van der Waals surface area contributed by atoms with E-state index in [1.165, 1.54) is 38.3 Å². The SMILES string of the molecule is COc1ccc(CC(=O)NN2C(=O)N[C@@](C)(c3ccc([N+](=O)[O-])cc3)C2=O)cc1. The third-order valence-electron chi connectivity index (χ3n) is 4.61. The van der Waals surface area contributed by atoms with Gasteiger partial charge in [-0.3, -0.25) is 25.1 Å². The van der Waals surface area contributed by atoms with Crippen molar-refractivity contribution in [2.75, 3.05) is 7.11 Å². The highest BCUT2D eigenvalue weighted by atomic mass is 16.6. The molecule has 10 nitrogen and oxygen atoms in total. The number of nitrogens with zero attached hydrogens (tertiary/aromatic N) is 2. The third kappa shape index (κ3) is 3.86. The van der Waals surface area contributed by atoms with Gasteiger partial charge in [0.25, 0.3) is 11.6 Å². The Bertz CT molecular complexity index is 973. The number of nitro groups is 1. The number of imide groups is 1. The van der Waals surface area contributed by atoms with Crippen LogP contribution in [0.3, 0.4) is 0 Å². The molecule has 29 heavy (non-hydrogen) atoms. The summed E-state index contributed by atoms with van der Waals surface area (Å²) >= 11 is 0. The molecule has 2 N–H and O–H groups in total. The average Bonchev–Trinajstić information content (AvgIpc) is 2.92. The van der Waals surface area contributed by atoms with E-state index in [-0.39, 0.29) is 12.1 Å². The van der Waals surface area contributed by atoms with Crippen molar-refractivity contribution in [3.63, 3.8) is 0 Å². The molecular weight excluding hydrogens is 380 g/mol. The van der Waals surface area contributed by atoms with Crippen LogP contribution in [0.5, 0.6) is 5.75 Å². The molecule has 0 aromatic heterocycles. The van der Waals surface area contributed by atoms with Gasteiger partial charge in [-0.05, 0) is 42.3 Å². The standard InChI is InChI=1S/C19H18N4O6/c1-19(13-5-7-14(8-6-13)23(27)28)17(25)22(18(26)20-19)21-16(24)11-12-3-9-15(29-2)10-4-12/h3-10H,11H2,1-2H3,(H,20,26)(H,21,24)/t19-/m0/s1. The van der Waals surface area contributed by atoms with Gasteiger partial charge in [0.1, 0.15) is 11.3 Å². The first-order chi connectivity index (χ1) is 13.7. The molecule has 1 fully saturated rings. The second-order valence-corrected chi connectivity index (χ2v) is 6.56. The van der Waals surface area contributed by atoms with E-state index in [4.69, 9.17) is 4.74 Å². The van der Waals surface area contributed by atoms with E-state index in [0.29, 0.717) is 21.9 Å². The molecule has 1 atom stereocenters. The average molecular weight is 398 g/mol. The number of ether oxygens (including phenoxy) is 1. The number of hydrogen-bond acceptors (Lipinski definition) is 6. The fraction of sp³-hybridized carbons (Fsp3) is 0.211. The van der Waals surface area contributed by atoms with E-state index >= 15 is 0 Å². The molecule has 1 aliphatic rings. The predicted molar refractivity (Wildman–Crippen MR) is 101 cm³/mol. The first-order valence-electron chi connectivity index (χ1n) is 8.58. The van der Waals surface area contributed by atoms with E-state index in [9.17, 15) is 24.5 Å². The van der Waals surface area contributed by atoms with Crippen LogP contribution in [0.15, 0.2) is 48.5 Å². The minimum Gasteiger partial charge on any atom is -0.497 e. The molecule has 0 bridgehead atoms. The Hall–Kier alpha value is -3.95. The summed E-state index contributed by atoms with van der Waals surface area (Å²) in [6, 6.07) is 11.3. The topological polar surface area (TPSA) is 131 Å². The molecule has 1 aliphatic heterocycles. The van der Waals surface area contributed by atoms with Gasteiger partial charge in [0.2, 0.25) is 5.91 Å². The lowest BCUT2D eigenvalue weighted by atomic mass is 9.92. The van der Waals surface area contributed by atoms with Gasteiger partial charge in [0.05, 0.1) is 18.5 Å². The van der Waals surface area contributed by atoms with E-state index < -0.39 is 28.3 Å². The second kappa shape index (κ2) is 7.58. The van der Waals surface area contributed by atoms with Crippen LogP contribution in [-0.2, 0) is 21.5 Å². The van der Waals surface area contributed by atoms with E-state index in [1.54, 1.807) is 24.3 Å². The first-order valence-corrected chi connectivity index (χ1v) is 8.58. The number of urea groups is 1. The van der Waals surface area contributed by atoms with Gasteiger partial charge < -0.3 is 10.1 Å². The molecule has 2 aromatic carbocycles. The quantitative estimate of drug-likeness (QED) is 0.432. The summed E-state index contributed by atoms with van der Waals surface area (Å²) in [6.07, 6.45) is -0.0463. The lowest BCUT2D eigenvalue weighted by Gasteiger charge is -2.22. The van der Waals surface area contributed by atoms with Gasteiger partial charge in [-0.2, -0.15) is 5.01 Å². The van der Waals surface area contributed by atoms with Gasteiger partial charge in [0.15, 0.2) is 0 Å². The van der Waals surface area contributed by atoms with Crippen LogP contribution in [0.1, 0.15) is 18.1 Å². The number of nitrogens with one attached hydrogen (secondary N) is 2. The number of non-ortho nitro benzene ring substituents is 1. The van der Waals surface area contributed by atoms with Crippen molar-refractivity contribution in [1.82, 2.24) is 15.8 Å². The van der Waals surface area contributed by atoms with Crippen LogP contribution in [-0.4, -0.2) is 34.9 Å². The minimum atomic E-state index is -1.46. The number of hydrogen-bond donors (Lipinski definition) is 2. The Labute approximate surface area is 165 Å². The largest absolute Gasteiger partial charge is 0.497 e. The highest BCUT2D eigenvalue weighted by Crippen LogP contribution is 2.29. The van der Waals surface area contributed by atoms with Gasteiger partial charge in [0, 0.05) is 12.1 Å². The van der Waals surface area contributed by atoms with E-state index in [1.807, 2.05) is 0 Å². The number of carbonyl (C=O) groups is 3. The first kappa shape index (κ1) is 19.8. The molecule has 1 heterocycles. The zero-order chi connectivity index (χ0) is 21.2. The second-order valence-electron chi connectivity index (χ2n) is 6.56. The predicted octanol–water partition coefficient (Wildman–Crippen LogP) is 1.64. The molecule has 0 spiro atoms. The number of rotatable bonds is 6. The molecule has 0 unspecified atom stereocenters. The molecule has 10 heteroatoms. The zero-order valence-corrected chi connectivity index (χ0v) is 15.7. The maximum absolute atomic E-state index is 12.8. The zero-order valence-electron chi connectivity index (χ0n) is 15.7. The fourth-order valence-corrected chi connectivity index (χ4v) is 2.95. The number of hydrazine groups is 1. The smallest absolute Gasteiger partial charge is 0.344 e. The fourth-order valence-electron chi connectivity index (χ4n) is 2.95. The number of nitro benzene ring substituents is 1. The van der Waals surface area contributed by atoms with E-state index in [0.717, 1.165) is 0 Å². The van der Waals surface area contributed by atoms with Gasteiger partial charge in [-0.15, -0.1) is 0 Å². The van der Waals surface area contributed by atoms with Crippen LogP contribution in [0.25, 0.3) is 0 Å². The molecule has 4 amide bonds. The van der Waals surface area contributed by atoms with Crippen molar-refractivity contribution in [3.8, 4) is 5.75 Å². The summed E-state index contributed by atoms with van der Waals surface area (Å²) in [5.41, 5.74) is 1.73. The van der Waals surface area contributed by atoms with Crippen molar-refractivity contribution in [2.24, 2.45) is 0 Å². The number of methoxy groups -OCH3 is 1. The van der Waals surface area contributed by atoms with Crippen LogP contribution >= 0.6 is 0 Å². The molecular formula is C19H18N4O6. The highest BCUT2D eigenvalue weighted by molar-refractivity contribution is 6.08. The number of amides is 4. The van der Waals surface area contributed by atoms with Crippen LogP contribution in [0, 0.1) is 10.1 Å². The van der Waals surface area contributed by atoms with Crippen LogP contribution in [0.4, 0.5) is 10.5 Å².